The normalized spacial score (nSPS) is 24.0. The van der Waals surface area contributed by atoms with E-state index < -0.39 is 12.0 Å². The van der Waals surface area contributed by atoms with Gasteiger partial charge in [0.05, 0.1) is 19.3 Å². The first-order chi connectivity index (χ1) is 12.0. The molecule has 0 spiro atoms. The van der Waals surface area contributed by atoms with Crippen LogP contribution in [0.4, 0.5) is 4.79 Å². The second-order valence-electron chi connectivity index (χ2n) is 6.84. The molecule has 1 aromatic rings. The third-order valence-corrected chi connectivity index (χ3v) is 4.82. The summed E-state index contributed by atoms with van der Waals surface area (Å²) < 4.78 is 5.33. The molecule has 2 aliphatic rings. The van der Waals surface area contributed by atoms with Gasteiger partial charge in [-0.15, -0.1) is 0 Å². The SMILES string of the molecule is C=C1NC(=O)N[C@@H](c2ccc(C(C)C)cc2)[C@@H]1C(=O)N1CCOCC1. The Balaban J connectivity index is 1.88. The molecule has 6 nitrogen and oxygen atoms in total. The van der Waals surface area contributed by atoms with Gasteiger partial charge in [0.15, 0.2) is 0 Å². The Hall–Kier alpha value is -2.34. The van der Waals surface area contributed by atoms with Crippen LogP contribution in [0.25, 0.3) is 0 Å². The number of rotatable bonds is 3. The highest BCUT2D eigenvalue weighted by atomic mass is 16.5. The Morgan fingerprint density at radius 2 is 1.88 bits per heavy atom. The van der Waals surface area contributed by atoms with E-state index in [2.05, 4.69) is 31.1 Å². The van der Waals surface area contributed by atoms with Crippen molar-refractivity contribution in [3.05, 3.63) is 47.7 Å². The Morgan fingerprint density at radius 1 is 1.24 bits per heavy atom. The first-order valence-corrected chi connectivity index (χ1v) is 8.70. The van der Waals surface area contributed by atoms with Crippen LogP contribution in [0.15, 0.2) is 36.5 Å². The van der Waals surface area contributed by atoms with Crippen molar-refractivity contribution in [1.29, 1.82) is 0 Å². The maximum Gasteiger partial charge on any atom is 0.319 e. The average molecular weight is 343 g/mol. The first kappa shape index (κ1) is 17.5. The molecule has 2 atom stereocenters. The molecule has 2 fully saturated rings. The average Bonchev–Trinajstić information content (AvgIpc) is 2.61. The molecular weight excluding hydrogens is 318 g/mol. The number of hydrogen-bond donors (Lipinski definition) is 2. The van der Waals surface area contributed by atoms with Gasteiger partial charge in [-0.1, -0.05) is 44.7 Å². The predicted octanol–water partition coefficient (Wildman–Crippen LogP) is 2.15. The number of urea groups is 1. The van der Waals surface area contributed by atoms with Crippen LogP contribution in [0.1, 0.15) is 36.9 Å². The van der Waals surface area contributed by atoms with E-state index in [4.69, 9.17) is 4.74 Å². The summed E-state index contributed by atoms with van der Waals surface area (Å²) >= 11 is 0. The van der Waals surface area contributed by atoms with Gasteiger partial charge >= 0.3 is 6.03 Å². The van der Waals surface area contributed by atoms with Crippen molar-refractivity contribution in [1.82, 2.24) is 15.5 Å². The van der Waals surface area contributed by atoms with Crippen molar-refractivity contribution in [2.45, 2.75) is 25.8 Å². The number of nitrogens with one attached hydrogen (secondary N) is 2. The lowest BCUT2D eigenvalue weighted by Gasteiger charge is -2.38. The highest BCUT2D eigenvalue weighted by Gasteiger charge is 2.40. The molecule has 0 bridgehead atoms. The van der Waals surface area contributed by atoms with Crippen LogP contribution >= 0.6 is 0 Å². The quantitative estimate of drug-likeness (QED) is 0.883. The zero-order valence-electron chi connectivity index (χ0n) is 14.7. The molecule has 2 N–H and O–H groups in total. The van der Waals surface area contributed by atoms with E-state index in [1.54, 1.807) is 4.90 Å². The minimum atomic E-state index is -0.527. The lowest BCUT2D eigenvalue weighted by molar-refractivity contribution is -0.139. The van der Waals surface area contributed by atoms with Gasteiger partial charge in [0.25, 0.3) is 0 Å². The summed E-state index contributed by atoms with van der Waals surface area (Å²) in [6, 6.07) is 7.32. The zero-order chi connectivity index (χ0) is 18.0. The van der Waals surface area contributed by atoms with Crippen molar-refractivity contribution in [2.24, 2.45) is 5.92 Å². The predicted molar refractivity (Wildman–Crippen MR) is 95.0 cm³/mol. The number of hydrogen-bond acceptors (Lipinski definition) is 3. The summed E-state index contributed by atoms with van der Waals surface area (Å²) in [5.74, 6) is -0.128. The van der Waals surface area contributed by atoms with Gasteiger partial charge in [-0.3, -0.25) is 4.79 Å². The third kappa shape index (κ3) is 3.69. The van der Waals surface area contributed by atoms with Crippen LogP contribution in [0.3, 0.4) is 0 Å². The molecule has 0 aliphatic carbocycles. The van der Waals surface area contributed by atoms with Gasteiger partial charge in [-0.2, -0.15) is 0 Å². The highest BCUT2D eigenvalue weighted by Crippen LogP contribution is 2.32. The molecule has 2 saturated heterocycles. The van der Waals surface area contributed by atoms with E-state index in [1.165, 1.54) is 5.56 Å². The lowest BCUT2D eigenvalue weighted by atomic mass is 9.87. The minimum absolute atomic E-state index is 0.0289. The number of carbonyl (C=O) groups is 2. The summed E-state index contributed by atoms with van der Waals surface area (Å²) in [5, 5.41) is 5.55. The molecule has 0 saturated carbocycles. The third-order valence-electron chi connectivity index (χ3n) is 4.82. The fourth-order valence-corrected chi connectivity index (χ4v) is 3.32. The summed E-state index contributed by atoms with van der Waals surface area (Å²) in [6.07, 6.45) is 0. The smallest absolute Gasteiger partial charge is 0.319 e. The van der Waals surface area contributed by atoms with Crippen LogP contribution < -0.4 is 10.6 Å². The Labute approximate surface area is 148 Å². The van der Waals surface area contributed by atoms with Gasteiger partial charge in [0.2, 0.25) is 5.91 Å². The molecule has 0 aromatic heterocycles. The fraction of sp³-hybridized carbons (Fsp3) is 0.474. The summed E-state index contributed by atoms with van der Waals surface area (Å²) in [6.45, 7) is 10.4. The lowest BCUT2D eigenvalue weighted by Crippen LogP contribution is -2.55. The standard InChI is InChI=1S/C19H25N3O3/c1-12(2)14-4-6-15(7-5-14)17-16(13(3)20-19(24)21-17)18(23)22-8-10-25-11-9-22/h4-7,12,16-17H,3,8-11H2,1-2H3,(H2,20,21,24)/t16-,17+/m1/s1. The molecule has 2 heterocycles. The topological polar surface area (TPSA) is 70.7 Å². The van der Waals surface area contributed by atoms with Crippen LogP contribution in [0.5, 0.6) is 0 Å². The number of amides is 3. The van der Waals surface area contributed by atoms with Crippen molar-refractivity contribution < 1.29 is 14.3 Å². The van der Waals surface area contributed by atoms with E-state index in [-0.39, 0.29) is 11.9 Å². The van der Waals surface area contributed by atoms with Crippen LogP contribution in [-0.4, -0.2) is 43.1 Å². The number of benzene rings is 1. The van der Waals surface area contributed by atoms with Crippen molar-refractivity contribution in [2.75, 3.05) is 26.3 Å². The maximum atomic E-state index is 13.0. The van der Waals surface area contributed by atoms with Crippen LogP contribution in [0, 0.1) is 5.92 Å². The van der Waals surface area contributed by atoms with Crippen LogP contribution in [-0.2, 0) is 9.53 Å². The van der Waals surface area contributed by atoms with Gasteiger partial charge in [0.1, 0.15) is 5.92 Å². The van der Waals surface area contributed by atoms with Gasteiger partial charge in [-0.25, -0.2) is 4.79 Å². The molecule has 0 unspecified atom stereocenters. The molecule has 25 heavy (non-hydrogen) atoms. The Morgan fingerprint density at radius 3 is 2.48 bits per heavy atom. The molecular formula is C19H25N3O3. The van der Waals surface area contributed by atoms with Crippen molar-refractivity contribution in [3.8, 4) is 0 Å². The second kappa shape index (κ2) is 7.27. The molecule has 134 valence electrons. The molecule has 3 amide bonds. The van der Waals surface area contributed by atoms with Gasteiger partial charge in [-0.05, 0) is 17.0 Å². The number of carbonyl (C=O) groups excluding carboxylic acids is 2. The number of nitrogens with zero attached hydrogens (tertiary/aromatic N) is 1. The highest BCUT2D eigenvalue weighted by molar-refractivity contribution is 5.88. The van der Waals surface area contributed by atoms with E-state index in [1.807, 2.05) is 24.3 Å². The number of morpholine rings is 1. The van der Waals surface area contributed by atoms with E-state index in [0.29, 0.717) is 37.9 Å². The molecule has 2 aliphatic heterocycles. The first-order valence-electron chi connectivity index (χ1n) is 8.70. The monoisotopic (exact) mass is 343 g/mol. The van der Waals surface area contributed by atoms with Gasteiger partial charge in [0, 0.05) is 18.8 Å². The molecule has 6 heteroatoms. The second-order valence-corrected chi connectivity index (χ2v) is 6.84. The summed E-state index contributed by atoms with van der Waals surface area (Å²) in [5.41, 5.74) is 2.57. The van der Waals surface area contributed by atoms with Crippen molar-refractivity contribution in [3.63, 3.8) is 0 Å². The summed E-state index contributed by atoms with van der Waals surface area (Å²) in [4.78, 5) is 26.8. The minimum Gasteiger partial charge on any atom is -0.378 e. The van der Waals surface area contributed by atoms with E-state index >= 15 is 0 Å². The van der Waals surface area contributed by atoms with Gasteiger partial charge < -0.3 is 20.3 Å². The van der Waals surface area contributed by atoms with Crippen molar-refractivity contribution >= 4 is 11.9 Å². The summed E-state index contributed by atoms with van der Waals surface area (Å²) in [7, 11) is 0. The Bertz CT molecular complexity index is 663. The zero-order valence-corrected chi connectivity index (χ0v) is 14.7. The Kier molecular flexibility index (Phi) is 5.08. The molecule has 3 rings (SSSR count). The molecule has 1 aromatic carbocycles. The maximum absolute atomic E-state index is 13.0. The van der Waals surface area contributed by atoms with Crippen LogP contribution in [0.2, 0.25) is 0 Å². The largest absolute Gasteiger partial charge is 0.378 e. The molecule has 0 radical (unpaired) electrons. The number of ether oxygens (including phenoxy) is 1. The van der Waals surface area contributed by atoms with E-state index in [0.717, 1.165) is 5.56 Å². The fourth-order valence-electron chi connectivity index (χ4n) is 3.32. The van der Waals surface area contributed by atoms with E-state index in [9.17, 15) is 9.59 Å².